The van der Waals surface area contributed by atoms with Gasteiger partial charge in [-0.2, -0.15) is 0 Å². The number of rotatable bonds is 2. The number of nitrogens with zero attached hydrogens (tertiary/aromatic N) is 2. The van der Waals surface area contributed by atoms with Gasteiger partial charge in [0.2, 0.25) is 5.91 Å². The molecule has 23 heavy (non-hydrogen) atoms. The third-order valence-corrected chi connectivity index (χ3v) is 4.88. The minimum Gasteiger partial charge on any atom is -0.338 e. The standard InChI is InChI=1S/C15H17Cl2N3O2.ClH/c16-10-2-1-3-11(17)12(10)13(21)19-6-8-20(9-7-19)14(22)15(18)4-5-15;/h1-3H,4-9,18H2;1H. The highest BCUT2D eigenvalue weighted by Crippen LogP contribution is 2.34. The van der Waals surface area contributed by atoms with Crippen molar-refractivity contribution in [3.63, 3.8) is 0 Å². The normalized spacial score (nSPS) is 19.1. The lowest BCUT2D eigenvalue weighted by atomic mass is 10.1. The quantitative estimate of drug-likeness (QED) is 0.858. The lowest BCUT2D eigenvalue weighted by Crippen LogP contribution is -2.55. The molecule has 2 fully saturated rings. The van der Waals surface area contributed by atoms with Crippen LogP contribution in [0.15, 0.2) is 18.2 Å². The maximum absolute atomic E-state index is 12.6. The second kappa shape index (κ2) is 6.85. The molecule has 1 saturated heterocycles. The predicted octanol–water partition coefficient (Wildman–Crippen LogP) is 2.19. The lowest BCUT2D eigenvalue weighted by molar-refractivity contribution is -0.135. The zero-order valence-electron chi connectivity index (χ0n) is 12.4. The Morgan fingerprint density at radius 2 is 1.48 bits per heavy atom. The van der Waals surface area contributed by atoms with E-state index in [0.717, 1.165) is 12.8 Å². The minimum atomic E-state index is -0.655. The fourth-order valence-corrected chi connectivity index (χ4v) is 3.20. The number of nitrogens with two attached hydrogens (primary N) is 1. The Labute approximate surface area is 151 Å². The van der Waals surface area contributed by atoms with Crippen LogP contribution in [0.2, 0.25) is 10.0 Å². The van der Waals surface area contributed by atoms with E-state index in [-0.39, 0.29) is 24.2 Å². The summed E-state index contributed by atoms with van der Waals surface area (Å²) in [6.45, 7) is 1.90. The second-order valence-electron chi connectivity index (χ2n) is 5.84. The molecule has 2 aliphatic rings. The molecule has 0 bridgehead atoms. The molecule has 3 rings (SSSR count). The Morgan fingerprint density at radius 3 is 1.96 bits per heavy atom. The first-order chi connectivity index (χ1) is 10.4. The highest BCUT2D eigenvalue weighted by atomic mass is 35.5. The van der Waals surface area contributed by atoms with Gasteiger partial charge in [-0.1, -0.05) is 29.3 Å². The van der Waals surface area contributed by atoms with Crippen molar-refractivity contribution in [2.24, 2.45) is 5.73 Å². The van der Waals surface area contributed by atoms with Gasteiger partial charge in [-0.25, -0.2) is 0 Å². The van der Waals surface area contributed by atoms with E-state index in [1.165, 1.54) is 0 Å². The maximum Gasteiger partial charge on any atom is 0.257 e. The molecule has 8 heteroatoms. The van der Waals surface area contributed by atoms with Crippen LogP contribution in [-0.4, -0.2) is 53.3 Å². The van der Waals surface area contributed by atoms with Crippen molar-refractivity contribution in [2.45, 2.75) is 18.4 Å². The topological polar surface area (TPSA) is 66.6 Å². The molecule has 2 amide bonds. The molecule has 0 atom stereocenters. The van der Waals surface area contributed by atoms with Crippen LogP contribution < -0.4 is 5.73 Å². The molecule has 1 heterocycles. The maximum atomic E-state index is 12.6. The smallest absolute Gasteiger partial charge is 0.257 e. The van der Waals surface area contributed by atoms with Crippen molar-refractivity contribution in [3.8, 4) is 0 Å². The van der Waals surface area contributed by atoms with E-state index in [9.17, 15) is 9.59 Å². The predicted molar refractivity (Wildman–Crippen MR) is 92.3 cm³/mol. The summed E-state index contributed by atoms with van der Waals surface area (Å²) < 4.78 is 0. The van der Waals surface area contributed by atoms with Gasteiger partial charge in [-0.05, 0) is 25.0 Å². The number of hydrogen-bond donors (Lipinski definition) is 1. The van der Waals surface area contributed by atoms with Crippen LogP contribution in [0.25, 0.3) is 0 Å². The van der Waals surface area contributed by atoms with E-state index in [2.05, 4.69) is 0 Å². The lowest BCUT2D eigenvalue weighted by Gasteiger charge is -2.36. The summed E-state index contributed by atoms with van der Waals surface area (Å²) in [5, 5.41) is 0.685. The fraction of sp³-hybridized carbons (Fsp3) is 0.467. The van der Waals surface area contributed by atoms with Crippen LogP contribution in [-0.2, 0) is 4.79 Å². The van der Waals surface area contributed by atoms with Gasteiger partial charge in [0, 0.05) is 26.2 Å². The number of amides is 2. The Bertz CT molecular complexity index is 606. The van der Waals surface area contributed by atoms with Gasteiger partial charge in [0.05, 0.1) is 21.1 Å². The molecule has 0 unspecified atom stereocenters. The van der Waals surface area contributed by atoms with Crippen molar-refractivity contribution in [1.29, 1.82) is 0 Å². The average Bonchev–Trinajstić information content (AvgIpc) is 3.25. The minimum absolute atomic E-state index is 0. The molecule has 126 valence electrons. The number of hydrogen-bond acceptors (Lipinski definition) is 3. The molecule has 2 N–H and O–H groups in total. The summed E-state index contributed by atoms with van der Waals surface area (Å²) in [5.41, 5.74) is 5.61. The Morgan fingerprint density at radius 1 is 1.00 bits per heavy atom. The zero-order chi connectivity index (χ0) is 15.9. The van der Waals surface area contributed by atoms with Crippen molar-refractivity contribution in [1.82, 2.24) is 9.80 Å². The van der Waals surface area contributed by atoms with Gasteiger partial charge in [0.15, 0.2) is 0 Å². The van der Waals surface area contributed by atoms with Gasteiger partial charge in [-0.15, -0.1) is 12.4 Å². The van der Waals surface area contributed by atoms with Crippen LogP contribution in [0.4, 0.5) is 0 Å². The summed E-state index contributed by atoms with van der Waals surface area (Å²) in [7, 11) is 0. The molecule has 1 aliphatic carbocycles. The van der Waals surface area contributed by atoms with E-state index < -0.39 is 5.54 Å². The van der Waals surface area contributed by atoms with Crippen molar-refractivity contribution < 1.29 is 9.59 Å². The third kappa shape index (κ3) is 3.58. The van der Waals surface area contributed by atoms with E-state index in [4.69, 9.17) is 28.9 Å². The van der Waals surface area contributed by atoms with E-state index in [1.807, 2.05) is 0 Å². The summed E-state index contributed by atoms with van der Waals surface area (Å²) in [5.74, 6) is -0.202. The van der Waals surface area contributed by atoms with Crippen LogP contribution in [0.3, 0.4) is 0 Å². The van der Waals surface area contributed by atoms with Crippen LogP contribution in [0.1, 0.15) is 23.2 Å². The Balaban J connectivity index is 0.00000192. The molecule has 1 aromatic carbocycles. The van der Waals surface area contributed by atoms with E-state index in [0.29, 0.717) is 41.8 Å². The van der Waals surface area contributed by atoms with Gasteiger partial charge in [0.25, 0.3) is 5.91 Å². The summed E-state index contributed by atoms with van der Waals surface area (Å²) in [4.78, 5) is 28.2. The van der Waals surface area contributed by atoms with E-state index >= 15 is 0 Å². The number of carbonyl (C=O) groups is 2. The monoisotopic (exact) mass is 377 g/mol. The van der Waals surface area contributed by atoms with Crippen LogP contribution in [0, 0.1) is 0 Å². The first kappa shape index (κ1) is 18.3. The first-order valence-electron chi connectivity index (χ1n) is 7.24. The molecule has 1 aromatic rings. The molecule has 0 spiro atoms. The second-order valence-corrected chi connectivity index (χ2v) is 6.65. The largest absolute Gasteiger partial charge is 0.338 e. The summed E-state index contributed by atoms with van der Waals surface area (Å²) in [6.07, 6.45) is 1.50. The Hall–Kier alpha value is -1.01. The van der Waals surface area contributed by atoms with Gasteiger partial charge in [0.1, 0.15) is 0 Å². The summed E-state index contributed by atoms with van der Waals surface area (Å²) >= 11 is 12.2. The highest BCUT2D eigenvalue weighted by Gasteiger charge is 2.48. The number of benzene rings is 1. The van der Waals surface area contributed by atoms with Crippen LogP contribution >= 0.6 is 35.6 Å². The summed E-state index contributed by atoms with van der Waals surface area (Å²) in [6, 6.07) is 4.99. The van der Waals surface area contributed by atoms with Gasteiger partial charge < -0.3 is 15.5 Å². The fourth-order valence-electron chi connectivity index (χ4n) is 2.64. The van der Waals surface area contributed by atoms with Crippen molar-refractivity contribution >= 4 is 47.4 Å². The molecular weight excluding hydrogens is 361 g/mol. The number of carbonyl (C=O) groups excluding carboxylic acids is 2. The molecule has 5 nitrogen and oxygen atoms in total. The number of halogens is 3. The third-order valence-electron chi connectivity index (χ3n) is 4.25. The molecular formula is C15H18Cl3N3O2. The Kier molecular flexibility index (Phi) is 5.46. The zero-order valence-corrected chi connectivity index (χ0v) is 14.8. The number of piperazine rings is 1. The first-order valence-corrected chi connectivity index (χ1v) is 7.99. The van der Waals surface area contributed by atoms with Gasteiger partial charge >= 0.3 is 0 Å². The van der Waals surface area contributed by atoms with Crippen molar-refractivity contribution in [3.05, 3.63) is 33.8 Å². The SMILES string of the molecule is Cl.NC1(C(=O)N2CCN(C(=O)c3c(Cl)cccc3Cl)CC2)CC1. The van der Waals surface area contributed by atoms with Crippen LogP contribution in [0.5, 0.6) is 0 Å². The van der Waals surface area contributed by atoms with Crippen molar-refractivity contribution in [2.75, 3.05) is 26.2 Å². The highest BCUT2D eigenvalue weighted by molar-refractivity contribution is 6.39. The molecule has 0 radical (unpaired) electrons. The molecule has 0 aromatic heterocycles. The molecule has 1 aliphatic heterocycles. The average molecular weight is 379 g/mol. The van der Waals surface area contributed by atoms with E-state index in [1.54, 1.807) is 28.0 Å². The molecule has 1 saturated carbocycles. The van der Waals surface area contributed by atoms with Gasteiger partial charge in [-0.3, -0.25) is 9.59 Å².